The third-order valence-electron chi connectivity index (χ3n) is 2.50. The van der Waals surface area contributed by atoms with Crippen LogP contribution in [-0.4, -0.2) is 23.2 Å². The van der Waals surface area contributed by atoms with Gasteiger partial charge in [0.25, 0.3) is 0 Å². The highest BCUT2D eigenvalue weighted by atomic mass is 32.2. The molecule has 17 heavy (non-hydrogen) atoms. The van der Waals surface area contributed by atoms with Crippen LogP contribution >= 0.6 is 0 Å². The quantitative estimate of drug-likeness (QED) is 0.601. The van der Waals surface area contributed by atoms with Crippen molar-refractivity contribution in [3.05, 3.63) is 23.8 Å². The van der Waals surface area contributed by atoms with Crippen LogP contribution in [0.1, 0.15) is 25.3 Å². The molecular formula is C13H21NO2S. The fourth-order valence-electron chi connectivity index (χ4n) is 1.52. The first-order valence-electron chi connectivity index (χ1n) is 5.97. The van der Waals surface area contributed by atoms with Gasteiger partial charge in [-0.2, -0.15) is 0 Å². The van der Waals surface area contributed by atoms with Crippen LogP contribution in [0.5, 0.6) is 0 Å². The molecule has 1 unspecified atom stereocenters. The summed E-state index contributed by atoms with van der Waals surface area (Å²) < 4.78 is 17.4. The van der Waals surface area contributed by atoms with Gasteiger partial charge in [0.1, 0.15) is 0 Å². The van der Waals surface area contributed by atoms with Crippen molar-refractivity contribution < 1.29 is 8.95 Å². The smallest absolute Gasteiger partial charge is 0.0585 e. The highest BCUT2D eigenvalue weighted by molar-refractivity contribution is 7.85. The number of hydrogen-bond acceptors (Lipinski definition) is 3. The van der Waals surface area contributed by atoms with E-state index in [0.29, 0.717) is 18.0 Å². The maximum atomic E-state index is 12.0. The molecule has 0 spiro atoms. The maximum Gasteiger partial charge on any atom is 0.0585 e. The number of nitrogens with two attached hydrogens (primary N) is 1. The molecule has 3 nitrogen and oxygen atoms in total. The number of hydrogen-bond donors (Lipinski definition) is 1. The molecule has 1 rings (SSSR count). The molecule has 96 valence electrons. The molecule has 1 atom stereocenters. The highest BCUT2D eigenvalue weighted by Gasteiger charge is 2.07. The van der Waals surface area contributed by atoms with Gasteiger partial charge in [-0.3, -0.25) is 4.21 Å². The fourth-order valence-corrected chi connectivity index (χ4v) is 2.65. The second-order valence-electron chi connectivity index (χ2n) is 4.04. The van der Waals surface area contributed by atoms with Crippen molar-refractivity contribution in [2.75, 3.05) is 24.7 Å². The van der Waals surface area contributed by atoms with Crippen LogP contribution in [0.4, 0.5) is 5.69 Å². The van der Waals surface area contributed by atoms with E-state index in [1.54, 1.807) is 6.07 Å². The van der Waals surface area contributed by atoms with Gasteiger partial charge in [0, 0.05) is 17.2 Å². The molecule has 0 aliphatic heterocycles. The molecule has 1 aromatic rings. The van der Waals surface area contributed by atoms with Crippen LogP contribution in [0.2, 0.25) is 0 Å². The van der Waals surface area contributed by atoms with E-state index in [4.69, 9.17) is 10.5 Å². The van der Waals surface area contributed by atoms with Crippen molar-refractivity contribution in [2.24, 2.45) is 0 Å². The van der Waals surface area contributed by atoms with Gasteiger partial charge in [-0.15, -0.1) is 0 Å². The van der Waals surface area contributed by atoms with E-state index in [2.05, 4.69) is 6.92 Å². The first-order chi connectivity index (χ1) is 8.15. The first kappa shape index (κ1) is 14.2. The van der Waals surface area contributed by atoms with E-state index in [9.17, 15) is 4.21 Å². The minimum Gasteiger partial charge on any atom is -0.399 e. The predicted octanol–water partition coefficient (Wildman–Crippen LogP) is 2.50. The summed E-state index contributed by atoms with van der Waals surface area (Å²) in [5.74, 6) is 0.550. The van der Waals surface area contributed by atoms with Crippen molar-refractivity contribution in [1.82, 2.24) is 0 Å². The Kier molecular flexibility index (Phi) is 6.22. The molecule has 4 heteroatoms. The van der Waals surface area contributed by atoms with E-state index in [1.807, 2.05) is 19.1 Å². The average Bonchev–Trinajstić information content (AvgIpc) is 2.28. The molecule has 0 fully saturated rings. The average molecular weight is 255 g/mol. The zero-order valence-corrected chi connectivity index (χ0v) is 11.4. The number of ether oxygens (including phenoxy) is 1. The first-order valence-corrected chi connectivity index (χ1v) is 7.29. The summed E-state index contributed by atoms with van der Waals surface area (Å²) in [4.78, 5) is 0.860. The Morgan fingerprint density at radius 1 is 1.35 bits per heavy atom. The molecule has 0 aromatic heterocycles. The molecule has 0 saturated carbocycles. The summed E-state index contributed by atoms with van der Waals surface area (Å²) in [5.41, 5.74) is 7.35. The van der Waals surface area contributed by atoms with Gasteiger partial charge in [0.15, 0.2) is 0 Å². The number of benzene rings is 1. The SMILES string of the molecule is CCCCOCCS(=O)c1ccc(N)cc1C. The normalized spacial score (nSPS) is 12.6. The minimum atomic E-state index is -0.989. The predicted molar refractivity (Wildman–Crippen MR) is 72.6 cm³/mol. The molecular weight excluding hydrogens is 234 g/mol. The molecule has 1 aromatic carbocycles. The minimum absolute atomic E-state index is 0.550. The van der Waals surface area contributed by atoms with Crippen molar-refractivity contribution in [3.8, 4) is 0 Å². The van der Waals surface area contributed by atoms with Crippen LogP contribution in [0, 0.1) is 6.92 Å². The van der Waals surface area contributed by atoms with Crippen molar-refractivity contribution in [3.63, 3.8) is 0 Å². The zero-order chi connectivity index (χ0) is 12.7. The lowest BCUT2D eigenvalue weighted by atomic mass is 10.2. The molecule has 2 N–H and O–H groups in total. The molecule has 0 aliphatic rings. The van der Waals surface area contributed by atoms with E-state index < -0.39 is 10.8 Å². The Bertz CT molecular complexity index is 380. The van der Waals surface area contributed by atoms with Gasteiger partial charge in [-0.25, -0.2) is 0 Å². The summed E-state index contributed by atoms with van der Waals surface area (Å²) in [6.07, 6.45) is 2.19. The second kappa shape index (κ2) is 7.45. The summed E-state index contributed by atoms with van der Waals surface area (Å²) in [5, 5.41) is 0. The number of rotatable bonds is 7. The number of unbranched alkanes of at least 4 members (excludes halogenated alkanes) is 1. The third kappa shape index (κ3) is 4.88. The summed E-state index contributed by atoms with van der Waals surface area (Å²) in [6, 6.07) is 5.48. The lowest BCUT2D eigenvalue weighted by molar-refractivity contribution is 0.146. The highest BCUT2D eigenvalue weighted by Crippen LogP contribution is 2.16. The number of nitrogen functional groups attached to an aromatic ring is 1. The van der Waals surface area contributed by atoms with Crippen molar-refractivity contribution >= 4 is 16.5 Å². The maximum absolute atomic E-state index is 12.0. The standard InChI is InChI=1S/C13H21NO2S/c1-3-4-7-16-8-9-17(15)13-6-5-12(14)10-11(13)2/h5-6,10H,3-4,7-9,14H2,1-2H3. The molecule has 0 aliphatic carbocycles. The van der Waals surface area contributed by atoms with E-state index in [0.717, 1.165) is 29.9 Å². The largest absolute Gasteiger partial charge is 0.399 e. The van der Waals surface area contributed by atoms with Crippen molar-refractivity contribution in [1.29, 1.82) is 0 Å². The van der Waals surface area contributed by atoms with Crippen LogP contribution < -0.4 is 5.73 Å². The molecule has 0 radical (unpaired) electrons. The van der Waals surface area contributed by atoms with E-state index in [1.165, 1.54) is 0 Å². The van der Waals surface area contributed by atoms with Gasteiger partial charge in [-0.1, -0.05) is 13.3 Å². The lowest BCUT2D eigenvalue weighted by Crippen LogP contribution is -2.08. The third-order valence-corrected chi connectivity index (χ3v) is 3.99. The van der Waals surface area contributed by atoms with E-state index in [-0.39, 0.29) is 0 Å². The van der Waals surface area contributed by atoms with Crippen LogP contribution in [0.3, 0.4) is 0 Å². The Labute approximate surface area is 106 Å². The molecule has 0 amide bonds. The Morgan fingerprint density at radius 2 is 2.12 bits per heavy atom. The van der Waals surface area contributed by atoms with Gasteiger partial charge < -0.3 is 10.5 Å². The Morgan fingerprint density at radius 3 is 2.76 bits per heavy atom. The van der Waals surface area contributed by atoms with Gasteiger partial charge in [0.2, 0.25) is 0 Å². The number of anilines is 1. The Balaban J connectivity index is 2.42. The molecule has 0 heterocycles. The summed E-state index contributed by atoms with van der Waals surface area (Å²) in [6.45, 7) is 5.37. The monoisotopic (exact) mass is 255 g/mol. The van der Waals surface area contributed by atoms with Crippen LogP contribution in [-0.2, 0) is 15.5 Å². The van der Waals surface area contributed by atoms with E-state index >= 15 is 0 Å². The fraction of sp³-hybridized carbons (Fsp3) is 0.538. The lowest BCUT2D eigenvalue weighted by Gasteiger charge is -2.07. The second-order valence-corrected chi connectivity index (χ2v) is 5.58. The summed E-state index contributed by atoms with van der Waals surface area (Å²) in [7, 11) is -0.989. The summed E-state index contributed by atoms with van der Waals surface area (Å²) >= 11 is 0. The zero-order valence-electron chi connectivity index (χ0n) is 10.6. The van der Waals surface area contributed by atoms with Gasteiger partial charge >= 0.3 is 0 Å². The van der Waals surface area contributed by atoms with Crippen LogP contribution in [0.25, 0.3) is 0 Å². The van der Waals surface area contributed by atoms with Crippen LogP contribution in [0.15, 0.2) is 23.1 Å². The molecule has 0 saturated heterocycles. The van der Waals surface area contributed by atoms with Crippen molar-refractivity contribution in [2.45, 2.75) is 31.6 Å². The molecule has 0 bridgehead atoms. The Hall–Kier alpha value is -0.870. The van der Waals surface area contributed by atoms with Gasteiger partial charge in [-0.05, 0) is 37.1 Å². The van der Waals surface area contributed by atoms with Gasteiger partial charge in [0.05, 0.1) is 23.2 Å². The number of aryl methyl sites for hydroxylation is 1. The topological polar surface area (TPSA) is 52.3 Å².